The first-order valence-corrected chi connectivity index (χ1v) is 7.22. The number of benzene rings is 1. The van der Waals surface area contributed by atoms with Gasteiger partial charge < -0.3 is 10.2 Å². The van der Waals surface area contributed by atoms with Crippen molar-refractivity contribution in [2.45, 2.75) is 45.6 Å². The third kappa shape index (κ3) is 3.83. The fraction of sp³-hybridized carbons (Fsp3) is 0.500. The van der Waals surface area contributed by atoms with Crippen LogP contribution in [0.25, 0.3) is 0 Å². The summed E-state index contributed by atoms with van der Waals surface area (Å²) < 4.78 is 0. The average Bonchev–Trinajstić information content (AvgIpc) is 2.41. The molecule has 4 heteroatoms. The van der Waals surface area contributed by atoms with E-state index < -0.39 is 0 Å². The first kappa shape index (κ1) is 14.6. The highest BCUT2D eigenvalue weighted by Gasteiger charge is 2.22. The summed E-state index contributed by atoms with van der Waals surface area (Å²) in [5.41, 5.74) is 1.75. The van der Waals surface area contributed by atoms with Crippen molar-refractivity contribution in [1.82, 2.24) is 4.90 Å². The highest BCUT2D eigenvalue weighted by atomic mass is 16.2. The summed E-state index contributed by atoms with van der Waals surface area (Å²) in [4.78, 5) is 25.2. The van der Waals surface area contributed by atoms with Crippen molar-refractivity contribution in [3.63, 3.8) is 0 Å². The number of piperidine rings is 1. The molecule has 0 bridgehead atoms. The van der Waals surface area contributed by atoms with Gasteiger partial charge in [0.1, 0.15) is 0 Å². The van der Waals surface area contributed by atoms with Crippen LogP contribution in [-0.4, -0.2) is 29.3 Å². The van der Waals surface area contributed by atoms with E-state index in [1.807, 2.05) is 29.2 Å². The predicted molar refractivity (Wildman–Crippen MR) is 79.5 cm³/mol. The van der Waals surface area contributed by atoms with Crippen molar-refractivity contribution in [1.29, 1.82) is 0 Å². The van der Waals surface area contributed by atoms with E-state index in [1.165, 1.54) is 13.3 Å². The van der Waals surface area contributed by atoms with E-state index in [4.69, 9.17) is 0 Å². The Kier molecular flexibility index (Phi) is 4.77. The van der Waals surface area contributed by atoms with Gasteiger partial charge in [-0.25, -0.2) is 0 Å². The number of nitrogens with zero attached hydrogens (tertiary/aromatic N) is 1. The predicted octanol–water partition coefficient (Wildman–Crippen LogP) is 2.59. The number of hydrogen-bond donors (Lipinski definition) is 1. The number of rotatable bonds is 3. The molecule has 1 aromatic rings. The van der Waals surface area contributed by atoms with Gasteiger partial charge in [-0.15, -0.1) is 0 Å². The Morgan fingerprint density at radius 2 is 1.95 bits per heavy atom. The van der Waals surface area contributed by atoms with Crippen LogP contribution in [-0.2, 0) is 16.0 Å². The lowest BCUT2D eigenvalue weighted by molar-refractivity contribution is -0.133. The number of amides is 2. The molecule has 20 heavy (non-hydrogen) atoms. The smallest absolute Gasteiger partial charge is 0.227 e. The summed E-state index contributed by atoms with van der Waals surface area (Å²) in [6, 6.07) is 7.83. The van der Waals surface area contributed by atoms with Crippen LogP contribution >= 0.6 is 0 Å². The van der Waals surface area contributed by atoms with Gasteiger partial charge in [-0.2, -0.15) is 0 Å². The second-order valence-corrected chi connectivity index (χ2v) is 5.49. The minimum absolute atomic E-state index is 0.0871. The third-order valence-electron chi connectivity index (χ3n) is 3.75. The molecular weight excluding hydrogens is 252 g/mol. The average molecular weight is 274 g/mol. The lowest BCUT2D eigenvalue weighted by Gasteiger charge is -2.33. The summed E-state index contributed by atoms with van der Waals surface area (Å²) in [5.74, 6) is 0.112. The summed E-state index contributed by atoms with van der Waals surface area (Å²) in [6.07, 6.45) is 3.87. The summed E-state index contributed by atoms with van der Waals surface area (Å²) >= 11 is 0. The Morgan fingerprint density at radius 3 is 2.55 bits per heavy atom. The standard InChI is InChI=1S/C16H22N2O2/c1-12-5-3-4-10-18(12)16(20)11-14-6-8-15(9-7-14)17-13(2)19/h6-9,12H,3-5,10-11H2,1-2H3,(H,17,19). The Bertz CT molecular complexity index is 482. The van der Waals surface area contributed by atoms with E-state index in [9.17, 15) is 9.59 Å². The molecule has 4 nitrogen and oxygen atoms in total. The van der Waals surface area contributed by atoms with E-state index >= 15 is 0 Å². The fourth-order valence-electron chi connectivity index (χ4n) is 2.65. The second kappa shape index (κ2) is 6.55. The fourth-order valence-corrected chi connectivity index (χ4v) is 2.65. The molecule has 2 amide bonds. The second-order valence-electron chi connectivity index (χ2n) is 5.49. The van der Waals surface area contributed by atoms with Crippen molar-refractivity contribution in [2.75, 3.05) is 11.9 Å². The van der Waals surface area contributed by atoms with Crippen LogP contribution in [0.15, 0.2) is 24.3 Å². The zero-order valence-electron chi connectivity index (χ0n) is 12.2. The highest BCUT2D eigenvalue weighted by Crippen LogP contribution is 2.18. The molecule has 1 aromatic carbocycles. The lowest BCUT2D eigenvalue weighted by Crippen LogP contribution is -2.42. The maximum atomic E-state index is 12.3. The maximum absolute atomic E-state index is 12.3. The molecule has 0 radical (unpaired) electrons. The molecule has 0 aromatic heterocycles. The van der Waals surface area contributed by atoms with Crippen molar-refractivity contribution < 1.29 is 9.59 Å². The van der Waals surface area contributed by atoms with Crippen LogP contribution in [0.2, 0.25) is 0 Å². The zero-order chi connectivity index (χ0) is 14.5. The molecule has 1 fully saturated rings. The molecule has 2 rings (SSSR count). The van der Waals surface area contributed by atoms with E-state index in [0.717, 1.165) is 30.6 Å². The normalized spacial score (nSPS) is 18.7. The van der Waals surface area contributed by atoms with Crippen molar-refractivity contribution in [3.05, 3.63) is 29.8 Å². The molecule has 0 spiro atoms. The summed E-state index contributed by atoms with van der Waals surface area (Å²) in [6.45, 7) is 4.48. The number of carbonyl (C=O) groups excluding carboxylic acids is 2. The van der Waals surface area contributed by atoms with Crippen LogP contribution in [0.3, 0.4) is 0 Å². The molecule has 1 unspecified atom stereocenters. The minimum atomic E-state index is -0.0871. The van der Waals surface area contributed by atoms with Gasteiger partial charge in [0.15, 0.2) is 0 Å². The Hall–Kier alpha value is -1.84. The molecule has 1 saturated heterocycles. The molecule has 0 aliphatic carbocycles. The summed E-state index contributed by atoms with van der Waals surface area (Å²) in [5, 5.41) is 2.72. The largest absolute Gasteiger partial charge is 0.340 e. The zero-order valence-corrected chi connectivity index (χ0v) is 12.2. The van der Waals surface area contributed by atoms with Gasteiger partial charge in [0.2, 0.25) is 11.8 Å². The first-order valence-electron chi connectivity index (χ1n) is 7.22. The molecule has 108 valence electrons. The topological polar surface area (TPSA) is 49.4 Å². The number of nitrogens with one attached hydrogen (secondary N) is 1. The van der Waals surface area contributed by atoms with E-state index in [-0.39, 0.29) is 11.8 Å². The molecule has 1 aliphatic heterocycles. The van der Waals surface area contributed by atoms with E-state index in [1.54, 1.807) is 0 Å². The van der Waals surface area contributed by atoms with Crippen LogP contribution < -0.4 is 5.32 Å². The molecule has 1 aliphatic rings. The van der Waals surface area contributed by atoms with Crippen LogP contribution in [0.4, 0.5) is 5.69 Å². The van der Waals surface area contributed by atoms with Crippen LogP contribution in [0.1, 0.15) is 38.7 Å². The third-order valence-corrected chi connectivity index (χ3v) is 3.75. The minimum Gasteiger partial charge on any atom is -0.340 e. The lowest BCUT2D eigenvalue weighted by atomic mass is 10.0. The van der Waals surface area contributed by atoms with Crippen molar-refractivity contribution >= 4 is 17.5 Å². The Labute approximate surface area is 120 Å². The number of carbonyl (C=O) groups is 2. The van der Waals surface area contributed by atoms with Gasteiger partial charge in [-0.3, -0.25) is 9.59 Å². The molecule has 1 atom stereocenters. The number of anilines is 1. The van der Waals surface area contributed by atoms with Crippen LogP contribution in [0.5, 0.6) is 0 Å². The van der Waals surface area contributed by atoms with Crippen LogP contribution in [0, 0.1) is 0 Å². The Morgan fingerprint density at radius 1 is 1.25 bits per heavy atom. The number of likely N-dealkylation sites (tertiary alicyclic amines) is 1. The van der Waals surface area contributed by atoms with Crippen molar-refractivity contribution in [2.24, 2.45) is 0 Å². The summed E-state index contributed by atoms with van der Waals surface area (Å²) in [7, 11) is 0. The Balaban J connectivity index is 1.95. The quantitative estimate of drug-likeness (QED) is 0.921. The first-order chi connectivity index (χ1) is 9.56. The number of hydrogen-bond acceptors (Lipinski definition) is 2. The van der Waals surface area contributed by atoms with Gasteiger partial charge in [-0.05, 0) is 43.9 Å². The molecule has 0 saturated carbocycles. The van der Waals surface area contributed by atoms with Gasteiger partial charge in [-0.1, -0.05) is 12.1 Å². The van der Waals surface area contributed by atoms with Gasteiger partial charge >= 0.3 is 0 Å². The van der Waals surface area contributed by atoms with E-state index in [0.29, 0.717) is 12.5 Å². The maximum Gasteiger partial charge on any atom is 0.227 e. The van der Waals surface area contributed by atoms with Gasteiger partial charge in [0.25, 0.3) is 0 Å². The monoisotopic (exact) mass is 274 g/mol. The van der Waals surface area contributed by atoms with Crippen molar-refractivity contribution in [3.8, 4) is 0 Å². The molecule has 1 N–H and O–H groups in total. The van der Waals surface area contributed by atoms with Gasteiger partial charge in [0, 0.05) is 25.2 Å². The molecule has 1 heterocycles. The van der Waals surface area contributed by atoms with Gasteiger partial charge in [0.05, 0.1) is 6.42 Å². The highest BCUT2D eigenvalue weighted by molar-refractivity contribution is 5.88. The van der Waals surface area contributed by atoms with E-state index in [2.05, 4.69) is 12.2 Å². The SMILES string of the molecule is CC(=O)Nc1ccc(CC(=O)N2CCCCC2C)cc1. The molecular formula is C16H22N2O2.